The van der Waals surface area contributed by atoms with Crippen LogP contribution in [0.15, 0.2) is 218 Å². The first-order valence-corrected chi connectivity index (χ1v) is 23.0. The van der Waals surface area contributed by atoms with Gasteiger partial charge in [0.25, 0.3) is 0 Å². The minimum atomic E-state index is -3.06. The lowest BCUT2D eigenvalue weighted by Gasteiger charge is -2.35. The van der Waals surface area contributed by atoms with E-state index in [1.54, 1.807) is 0 Å². The van der Waals surface area contributed by atoms with Gasteiger partial charge in [0, 0.05) is 38.3 Å². The van der Waals surface area contributed by atoms with Gasteiger partial charge in [-0.3, -0.25) is 0 Å². The molecule has 60 heavy (non-hydrogen) atoms. The molecule has 9 aromatic carbocycles. The van der Waals surface area contributed by atoms with Crippen molar-refractivity contribution < 1.29 is 0 Å². The minimum Gasteiger partial charge on any atom is -0.309 e. The Morgan fingerprint density at radius 2 is 0.883 bits per heavy atom. The first kappa shape index (κ1) is 34.8. The zero-order chi connectivity index (χ0) is 40.0. The topological polar surface area (TPSA) is 9.86 Å². The molecule has 2 aromatic heterocycles. The summed E-state index contributed by atoms with van der Waals surface area (Å²) >= 11 is 0. The van der Waals surface area contributed by atoms with Gasteiger partial charge in [-0.1, -0.05) is 178 Å². The Morgan fingerprint density at radius 1 is 0.350 bits per heavy atom. The van der Waals surface area contributed by atoms with E-state index >= 15 is 0 Å². The molecule has 0 saturated heterocycles. The molecule has 2 heterocycles. The van der Waals surface area contributed by atoms with Crippen molar-refractivity contribution in [1.82, 2.24) is 9.13 Å². The van der Waals surface area contributed by atoms with Gasteiger partial charge in [0.1, 0.15) is 0 Å². The second kappa shape index (κ2) is 13.2. The number of hydrogen-bond donors (Lipinski definition) is 0. The highest BCUT2D eigenvalue weighted by Gasteiger charge is 2.44. The average Bonchev–Trinajstić information content (AvgIpc) is 3.90. The van der Waals surface area contributed by atoms with E-state index in [0.29, 0.717) is 0 Å². The molecule has 0 atom stereocenters. The molecule has 1 aliphatic carbocycles. The second-order valence-corrected chi connectivity index (χ2v) is 20.6. The summed E-state index contributed by atoms with van der Waals surface area (Å²) in [5.74, 6) is 0. The molecule has 284 valence electrons. The van der Waals surface area contributed by atoms with Gasteiger partial charge in [-0.2, -0.15) is 0 Å². The van der Waals surface area contributed by atoms with E-state index in [1.165, 1.54) is 98.0 Å². The van der Waals surface area contributed by atoms with E-state index in [-0.39, 0.29) is 5.41 Å². The van der Waals surface area contributed by atoms with Crippen LogP contribution in [-0.2, 0) is 5.41 Å². The average molecular weight is 783 g/mol. The van der Waals surface area contributed by atoms with Crippen LogP contribution >= 0.6 is 0 Å². The van der Waals surface area contributed by atoms with Crippen LogP contribution in [0.2, 0.25) is 0 Å². The lowest BCUT2D eigenvalue weighted by Crippen LogP contribution is -2.74. The van der Waals surface area contributed by atoms with E-state index in [2.05, 4.69) is 241 Å². The van der Waals surface area contributed by atoms with Crippen molar-refractivity contribution in [2.45, 2.75) is 19.3 Å². The number of rotatable bonds is 6. The normalized spacial score (nSPS) is 13.3. The van der Waals surface area contributed by atoms with Gasteiger partial charge < -0.3 is 9.13 Å². The standard InChI is InChI=1S/C57H42N2Si/c1-57(2)49-31-15-12-28-44(49)47-38-54-48(37-50(47)57)45-29-13-16-32-51(45)59(54)40-22-18-27-43(36-40)60(41-23-8-4-9-24-41,42-25-10-5-11-26-42)55-35-19-34-53-56(55)46-30-14-17-33-52(46)58(53)39-20-6-3-7-21-39/h3-38H,1-2H3. The Kier molecular flexibility index (Phi) is 7.63. The van der Waals surface area contributed by atoms with E-state index in [0.717, 1.165) is 0 Å². The van der Waals surface area contributed by atoms with Gasteiger partial charge in [0.15, 0.2) is 8.07 Å². The van der Waals surface area contributed by atoms with Crippen LogP contribution in [0.25, 0.3) is 66.1 Å². The SMILES string of the molecule is CC1(C)c2ccccc2-c2cc3c(cc21)c1ccccc1n3-c1cccc([Si](c2ccccc2)(c2ccccc2)c2cccc3c2c2ccccc2n3-c2ccccc2)c1. The minimum absolute atomic E-state index is 0.0789. The maximum absolute atomic E-state index is 3.06. The molecule has 1 aliphatic rings. The summed E-state index contributed by atoms with van der Waals surface area (Å²) in [4.78, 5) is 0. The third-order valence-electron chi connectivity index (χ3n) is 13.4. The number of para-hydroxylation sites is 3. The third kappa shape index (κ3) is 4.81. The van der Waals surface area contributed by atoms with Gasteiger partial charge in [-0.05, 0) is 97.6 Å². The van der Waals surface area contributed by atoms with E-state index in [4.69, 9.17) is 0 Å². The van der Waals surface area contributed by atoms with Crippen LogP contribution in [-0.4, -0.2) is 17.2 Å². The van der Waals surface area contributed by atoms with Crippen LogP contribution < -0.4 is 20.7 Å². The van der Waals surface area contributed by atoms with Crippen molar-refractivity contribution in [2.75, 3.05) is 0 Å². The van der Waals surface area contributed by atoms with Gasteiger partial charge in [0.2, 0.25) is 0 Å². The number of nitrogens with zero attached hydrogens (tertiary/aromatic N) is 2. The summed E-state index contributed by atoms with van der Waals surface area (Å²) < 4.78 is 4.98. The molecule has 0 radical (unpaired) electrons. The monoisotopic (exact) mass is 782 g/mol. The van der Waals surface area contributed by atoms with E-state index in [9.17, 15) is 0 Å². The second-order valence-electron chi connectivity index (χ2n) is 16.9. The highest BCUT2D eigenvalue weighted by Crippen LogP contribution is 2.51. The van der Waals surface area contributed by atoms with Gasteiger partial charge in [0.05, 0.1) is 22.1 Å². The van der Waals surface area contributed by atoms with Crippen molar-refractivity contribution in [3.8, 4) is 22.5 Å². The third-order valence-corrected chi connectivity index (χ3v) is 18.2. The maximum atomic E-state index is 2.53. The molecule has 0 N–H and O–H groups in total. The highest BCUT2D eigenvalue weighted by molar-refractivity contribution is 7.20. The summed E-state index contributed by atoms with van der Waals surface area (Å²) in [6, 6.07) is 82.0. The van der Waals surface area contributed by atoms with Crippen molar-refractivity contribution in [3.05, 3.63) is 230 Å². The van der Waals surface area contributed by atoms with Crippen LogP contribution in [0, 0.1) is 0 Å². The summed E-state index contributed by atoms with van der Waals surface area (Å²) in [6.45, 7) is 4.75. The van der Waals surface area contributed by atoms with Crippen molar-refractivity contribution in [2.24, 2.45) is 0 Å². The summed E-state index contributed by atoms with van der Waals surface area (Å²) in [5, 5.41) is 10.6. The largest absolute Gasteiger partial charge is 0.309 e. The van der Waals surface area contributed by atoms with Crippen molar-refractivity contribution in [3.63, 3.8) is 0 Å². The Balaban J connectivity index is 1.19. The zero-order valence-corrected chi connectivity index (χ0v) is 34.7. The molecule has 12 rings (SSSR count). The lowest BCUT2D eigenvalue weighted by molar-refractivity contribution is 0.661. The first-order chi connectivity index (χ1) is 29.5. The zero-order valence-electron chi connectivity index (χ0n) is 33.7. The van der Waals surface area contributed by atoms with Gasteiger partial charge in [-0.25, -0.2) is 0 Å². The molecule has 0 saturated carbocycles. The predicted octanol–water partition coefficient (Wildman–Crippen LogP) is 11.6. The molecule has 0 spiro atoms. The highest BCUT2D eigenvalue weighted by atomic mass is 28.3. The molecule has 0 aliphatic heterocycles. The van der Waals surface area contributed by atoms with E-state index in [1.807, 2.05) is 0 Å². The number of benzene rings is 9. The van der Waals surface area contributed by atoms with Gasteiger partial charge >= 0.3 is 0 Å². The Bertz CT molecular complexity index is 3410. The summed E-state index contributed by atoms with van der Waals surface area (Å²) in [6.07, 6.45) is 0. The molecule has 0 unspecified atom stereocenters. The Morgan fingerprint density at radius 3 is 1.62 bits per heavy atom. The number of hydrogen-bond acceptors (Lipinski definition) is 0. The fourth-order valence-corrected chi connectivity index (χ4v) is 15.9. The Labute approximate surface area is 351 Å². The van der Waals surface area contributed by atoms with Gasteiger partial charge in [-0.15, -0.1) is 0 Å². The fraction of sp³-hybridized carbons (Fsp3) is 0.0526. The molecular weight excluding hydrogens is 741 g/mol. The molecular formula is C57H42N2Si. The first-order valence-electron chi connectivity index (χ1n) is 21.0. The van der Waals surface area contributed by atoms with Crippen LogP contribution in [0.1, 0.15) is 25.0 Å². The fourth-order valence-electron chi connectivity index (χ4n) is 10.8. The van der Waals surface area contributed by atoms with Crippen LogP contribution in [0.5, 0.6) is 0 Å². The predicted molar refractivity (Wildman–Crippen MR) is 256 cm³/mol. The summed E-state index contributed by atoms with van der Waals surface area (Å²) in [7, 11) is -3.06. The van der Waals surface area contributed by atoms with Crippen LogP contribution in [0.3, 0.4) is 0 Å². The number of aromatic nitrogens is 2. The van der Waals surface area contributed by atoms with E-state index < -0.39 is 8.07 Å². The molecule has 0 bridgehead atoms. The molecule has 3 heteroatoms. The Hall–Kier alpha value is -7.20. The smallest absolute Gasteiger partial charge is 0.180 e. The molecule has 0 fully saturated rings. The van der Waals surface area contributed by atoms with Crippen LogP contribution in [0.4, 0.5) is 0 Å². The molecule has 0 amide bonds. The quantitative estimate of drug-likeness (QED) is 0.117. The lowest BCUT2D eigenvalue weighted by atomic mass is 9.82. The molecule has 2 nitrogen and oxygen atoms in total. The van der Waals surface area contributed by atoms with Crippen molar-refractivity contribution in [1.29, 1.82) is 0 Å². The summed E-state index contributed by atoms with van der Waals surface area (Å²) in [5.41, 5.74) is 12.6. The maximum Gasteiger partial charge on any atom is 0.180 e. The van der Waals surface area contributed by atoms with Crippen molar-refractivity contribution >= 4 is 72.4 Å². The molecule has 11 aromatic rings. The number of fused-ring (bicyclic) bond motifs is 9.